The second-order valence-corrected chi connectivity index (χ2v) is 7.94. The highest BCUT2D eigenvalue weighted by Crippen LogP contribution is 2.24. The number of halogens is 1. The number of hydrogen-bond acceptors (Lipinski definition) is 3. The second kappa shape index (κ2) is 8.29. The fraction of sp³-hybridized carbons (Fsp3) is 0.304. The van der Waals surface area contributed by atoms with Crippen LogP contribution in [-0.2, 0) is 11.3 Å². The van der Waals surface area contributed by atoms with Gasteiger partial charge in [-0.3, -0.25) is 14.7 Å². The predicted octanol–water partition coefficient (Wildman–Crippen LogP) is 5.05. The van der Waals surface area contributed by atoms with Crippen LogP contribution in [0.5, 0.6) is 0 Å². The van der Waals surface area contributed by atoms with Crippen LogP contribution in [-0.4, -0.2) is 28.9 Å². The summed E-state index contributed by atoms with van der Waals surface area (Å²) in [4.78, 5) is 19.4. The van der Waals surface area contributed by atoms with Crippen molar-refractivity contribution in [3.63, 3.8) is 0 Å². The number of nitrogens with one attached hydrogen (secondary N) is 1. The first kappa shape index (κ1) is 18.9. The monoisotopic (exact) mass is 393 g/mol. The van der Waals surface area contributed by atoms with Gasteiger partial charge in [0, 0.05) is 40.4 Å². The smallest absolute Gasteiger partial charge is 0.227 e. The molecule has 1 aromatic heterocycles. The van der Waals surface area contributed by atoms with Gasteiger partial charge in [0.25, 0.3) is 0 Å². The number of likely N-dealkylation sites (tertiary alicyclic amines) is 1. The molecule has 0 bridgehead atoms. The lowest BCUT2D eigenvalue weighted by molar-refractivity contribution is -0.121. The molecule has 2 aromatic carbocycles. The number of fused-ring (bicyclic) bond motifs is 1. The number of carbonyl (C=O) groups is 1. The molecule has 0 saturated carbocycles. The topological polar surface area (TPSA) is 45.2 Å². The maximum atomic E-state index is 12.7. The lowest BCUT2D eigenvalue weighted by Crippen LogP contribution is -2.37. The highest BCUT2D eigenvalue weighted by atomic mass is 35.5. The minimum Gasteiger partial charge on any atom is -0.326 e. The van der Waals surface area contributed by atoms with Crippen molar-refractivity contribution in [1.29, 1.82) is 0 Å². The van der Waals surface area contributed by atoms with E-state index in [1.807, 2.05) is 49.4 Å². The molecular weight excluding hydrogens is 370 g/mol. The molecule has 0 unspecified atom stereocenters. The SMILES string of the molecule is Cc1nccc2cc(NC(=O)C3CCN(Cc4cccc(Cl)c4)CC3)ccc12. The fourth-order valence-corrected chi connectivity index (χ4v) is 4.11. The Labute approximate surface area is 170 Å². The molecule has 0 radical (unpaired) electrons. The van der Waals surface area contributed by atoms with E-state index in [0.717, 1.165) is 59.7 Å². The van der Waals surface area contributed by atoms with Crippen molar-refractivity contribution >= 4 is 34.0 Å². The van der Waals surface area contributed by atoms with Gasteiger partial charge in [-0.15, -0.1) is 0 Å². The highest BCUT2D eigenvalue weighted by Gasteiger charge is 2.25. The van der Waals surface area contributed by atoms with Crippen molar-refractivity contribution in [2.75, 3.05) is 18.4 Å². The molecule has 1 aliphatic rings. The molecule has 4 rings (SSSR count). The first-order chi connectivity index (χ1) is 13.6. The van der Waals surface area contributed by atoms with Crippen molar-refractivity contribution in [2.45, 2.75) is 26.3 Å². The Morgan fingerprint density at radius 2 is 2.00 bits per heavy atom. The molecule has 1 fully saturated rings. The van der Waals surface area contributed by atoms with Crippen LogP contribution in [0.15, 0.2) is 54.7 Å². The minimum atomic E-state index is 0.0606. The molecule has 1 N–H and O–H groups in total. The zero-order valence-corrected chi connectivity index (χ0v) is 16.7. The Hall–Kier alpha value is -2.43. The molecule has 0 atom stereocenters. The van der Waals surface area contributed by atoms with Crippen molar-refractivity contribution in [1.82, 2.24) is 9.88 Å². The number of anilines is 1. The first-order valence-corrected chi connectivity index (χ1v) is 10.1. The molecule has 1 amide bonds. The Kier molecular flexibility index (Phi) is 5.60. The van der Waals surface area contributed by atoms with Crippen LogP contribution >= 0.6 is 11.6 Å². The van der Waals surface area contributed by atoms with Gasteiger partial charge in [-0.05, 0) is 74.1 Å². The standard InChI is InChI=1S/C23H24ClN3O/c1-16-22-6-5-21(14-19(22)7-10-25-16)26-23(28)18-8-11-27(12-9-18)15-17-3-2-4-20(24)13-17/h2-7,10,13-14,18H,8-9,11-12,15H2,1H3,(H,26,28). The zero-order chi connectivity index (χ0) is 19.5. The molecule has 5 heteroatoms. The maximum Gasteiger partial charge on any atom is 0.227 e. The Bertz CT molecular complexity index is 996. The molecular formula is C23H24ClN3O. The largest absolute Gasteiger partial charge is 0.326 e. The average molecular weight is 394 g/mol. The van der Waals surface area contributed by atoms with Crippen molar-refractivity contribution < 1.29 is 4.79 Å². The van der Waals surface area contributed by atoms with Crippen LogP contribution in [0.25, 0.3) is 10.8 Å². The molecule has 1 aliphatic heterocycles. The van der Waals surface area contributed by atoms with E-state index in [-0.39, 0.29) is 11.8 Å². The number of hydrogen-bond donors (Lipinski definition) is 1. The third kappa shape index (κ3) is 4.34. The van der Waals surface area contributed by atoms with Crippen LogP contribution in [0.2, 0.25) is 5.02 Å². The van der Waals surface area contributed by atoms with E-state index in [9.17, 15) is 4.79 Å². The van der Waals surface area contributed by atoms with Gasteiger partial charge in [-0.2, -0.15) is 0 Å². The number of rotatable bonds is 4. The highest BCUT2D eigenvalue weighted by molar-refractivity contribution is 6.30. The molecule has 4 nitrogen and oxygen atoms in total. The molecule has 0 aliphatic carbocycles. The van der Waals surface area contributed by atoms with Crippen LogP contribution in [0.1, 0.15) is 24.1 Å². The molecule has 28 heavy (non-hydrogen) atoms. The van der Waals surface area contributed by atoms with Crippen molar-refractivity contribution in [3.05, 3.63) is 71.0 Å². The number of piperidine rings is 1. The van der Waals surface area contributed by atoms with Gasteiger partial charge >= 0.3 is 0 Å². The summed E-state index contributed by atoms with van der Waals surface area (Å²) in [5, 5.41) is 6.09. The first-order valence-electron chi connectivity index (χ1n) is 9.71. The van der Waals surface area contributed by atoms with E-state index >= 15 is 0 Å². The van der Waals surface area contributed by atoms with Crippen LogP contribution < -0.4 is 5.32 Å². The zero-order valence-electron chi connectivity index (χ0n) is 16.0. The van der Waals surface area contributed by atoms with Gasteiger partial charge in [0.2, 0.25) is 5.91 Å². The average Bonchev–Trinajstić information content (AvgIpc) is 2.69. The number of aromatic nitrogens is 1. The number of carbonyl (C=O) groups excluding carboxylic acids is 1. The van der Waals surface area contributed by atoms with E-state index in [1.54, 1.807) is 6.20 Å². The summed E-state index contributed by atoms with van der Waals surface area (Å²) in [5.74, 6) is 0.179. The van der Waals surface area contributed by atoms with Crippen LogP contribution in [0, 0.1) is 12.8 Å². The second-order valence-electron chi connectivity index (χ2n) is 7.50. The van der Waals surface area contributed by atoms with Crippen molar-refractivity contribution in [2.24, 2.45) is 5.92 Å². The van der Waals surface area contributed by atoms with Crippen molar-refractivity contribution in [3.8, 4) is 0 Å². The van der Waals surface area contributed by atoms with Gasteiger partial charge in [-0.25, -0.2) is 0 Å². The lowest BCUT2D eigenvalue weighted by atomic mass is 9.95. The number of amides is 1. The summed E-state index contributed by atoms with van der Waals surface area (Å²) < 4.78 is 0. The lowest BCUT2D eigenvalue weighted by Gasteiger charge is -2.31. The summed E-state index contributed by atoms with van der Waals surface area (Å²) in [6, 6.07) is 16.0. The molecule has 3 aromatic rings. The maximum absolute atomic E-state index is 12.7. The summed E-state index contributed by atoms with van der Waals surface area (Å²) >= 11 is 6.07. The third-order valence-corrected chi connectivity index (χ3v) is 5.72. The molecule has 0 spiro atoms. The fourth-order valence-electron chi connectivity index (χ4n) is 3.90. The van der Waals surface area contributed by atoms with Gasteiger partial charge in [-0.1, -0.05) is 29.8 Å². The predicted molar refractivity (Wildman–Crippen MR) is 115 cm³/mol. The number of pyridine rings is 1. The minimum absolute atomic E-state index is 0.0606. The number of nitrogens with zero attached hydrogens (tertiary/aromatic N) is 2. The van der Waals surface area contributed by atoms with E-state index in [4.69, 9.17) is 11.6 Å². The van der Waals surface area contributed by atoms with Gasteiger partial charge in [0.1, 0.15) is 0 Å². The normalized spacial score (nSPS) is 15.6. The summed E-state index contributed by atoms with van der Waals surface area (Å²) in [6.07, 6.45) is 3.56. The van der Waals surface area contributed by atoms with Gasteiger partial charge in [0.05, 0.1) is 0 Å². The van der Waals surface area contributed by atoms with Gasteiger partial charge < -0.3 is 5.32 Å². The van der Waals surface area contributed by atoms with Gasteiger partial charge in [0.15, 0.2) is 0 Å². The third-order valence-electron chi connectivity index (χ3n) is 5.48. The van der Waals surface area contributed by atoms with E-state index < -0.39 is 0 Å². The molecule has 2 heterocycles. The van der Waals surface area contributed by atoms with E-state index in [1.165, 1.54) is 5.56 Å². The molecule has 1 saturated heterocycles. The Balaban J connectivity index is 1.34. The summed E-state index contributed by atoms with van der Waals surface area (Å²) in [7, 11) is 0. The summed E-state index contributed by atoms with van der Waals surface area (Å²) in [5.41, 5.74) is 3.07. The Morgan fingerprint density at radius 3 is 2.79 bits per heavy atom. The van der Waals surface area contributed by atoms with E-state index in [2.05, 4.69) is 21.3 Å². The van der Waals surface area contributed by atoms with E-state index in [0.29, 0.717) is 0 Å². The number of aryl methyl sites for hydroxylation is 1. The van der Waals surface area contributed by atoms with Crippen LogP contribution in [0.3, 0.4) is 0 Å². The Morgan fingerprint density at radius 1 is 1.18 bits per heavy atom. The number of benzene rings is 2. The van der Waals surface area contributed by atoms with Crippen LogP contribution in [0.4, 0.5) is 5.69 Å². The quantitative estimate of drug-likeness (QED) is 0.674. The summed E-state index contributed by atoms with van der Waals surface area (Å²) in [6.45, 7) is 4.73. The molecule has 144 valence electrons.